The van der Waals surface area contributed by atoms with Crippen LogP contribution >= 0.6 is 0 Å². The Labute approximate surface area is 243 Å². The van der Waals surface area contributed by atoms with Crippen LogP contribution in [-0.4, -0.2) is 79.6 Å². The molecule has 0 atom stereocenters. The molecule has 222 valence electrons. The van der Waals surface area contributed by atoms with Crippen LogP contribution in [0.1, 0.15) is 26.2 Å². The standard InChI is InChI=1S/C26H64N6Si6/c1-23(27-30(33(2,3)4)34(5,6)7)26-24(28-31(35(8,9)10)36(11,12)13)21-20-22-25(26)29-32(37(14,15)16)38(17,18)19/h26H,20-22H2,1-19H3. The van der Waals surface area contributed by atoms with Crippen LogP contribution in [0.5, 0.6) is 0 Å². The Morgan fingerprint density at radius 1 is 0.500 bits per heavy atom. The van der Waals surface area contributed by atoms with E-state index in [0.717, 1.165) is 19.3 Å². The lowest BCUT2D eigenvalue weighted by Crippen LogP contribution is -2.58. The maximum Gasteiger partial charge on any atom is 0.158 e. The van der Waals surface area contributed by atoms with Gasteiger partial charge in [0.05, 0.1) is 17.3 Å². The molecule has 6 nitrogen and oxygen atoms in total. The van der Waals surface area contributed by atoms with Crippen molar-refractivity contribution in [3.05, 3.63) is 0 Å². The first-order chi connectivity index (χ1) is 16.6. The maximum atomic E-state index is 5.61. The first-order valence-corrected chi connectivity index (χ1v) is 35.4. The van der Waals surface area contributed by atoms with Crippen molar-refractivity contribution in [2.75, 3.05) is 0 Å². The van der Waals surface area contributed by atoms with Crippen molar-refractivity contribution in [1.82, 2.24) is 13.0 Å². The number of hydrogen-bond acceptors (Lipinski definition) is 6. The lowest BCUT2D eigenvalue weighted by molar-refractivity contribution is 0.629. The second-order valence-corrected chi connectivity index (χ2v) is 47.1. The smallest absolute Gasteiger partial charge is 0.158 e. The van der Waals surface area contributed by atoms with Gasteiger partial charge in [-0.3, -0.25) is 0 Å². The molecule has 0 radical (unpaired) electrons. The lowest BCUT2D eigenvalue weighted by Gasteiger charge is -2.45. The number of hydrogen-bond donors (Lipinski definition) is 0. The van der Waals surface area contributed by atoms with Crippen LogP contribution < -0.4 is 0 Å². The number of hydrazone groups is 3. The highest BCUT2D eigenvalue weighted by Gasteiger charge is 2.40. The second kappa shape index (κ2) is 11.9. The highest BCUT2D eigenvalue weighted by Crippen LogP contribution is 2.30. The molecule has 1 saturated carbocycles. The molecule has 0 aromatic heterocycles. The summed E-state index contributed by atoms with van der Waals surface area (Å²) >= 11 is 0. The maximum absolute atomic E-state index is 5.61. The highest BCUT2D eigenvalue weighted by atomic mass is 28.4. The minimum atomic E-state index is -1.64. The van der Waals surface area contributed by atoms with E-state index in [1.807, 2.05) is 0 Å². The van der Waals surface area contributed by atoms with Crippen LogP contribution in [-0.2, 0) is 0 Å². The van der Waals surface area contributed by atoms with Gasteiger partial charge in [-0.25, -0.2) is 15.3 Å². The van der Waals surface area contributed by atoms with Gasteiger partial charge in [0.15, 0.2) is 49.4 Å². The number of nitrogens with zero attached hydrogens (tertiary/aromatic N) is 6. The van der Waals surface area contributed by atoms with Gasteiger partial charge in [0.25, 0.3) is 0 Å². The van der Waals surface area contributed by atoms with Crippen molar-refractivity contribution in [2.45, 2.75) is 144 Å². The molecule has 38 heavy (non-hydrogen) atoms. The largest absolute Gasteiger partial charge is 0.350 e. The molecule has 0 bridgehead atoms. The van der Waals surface area contributed by atoms with Gasteiger partial charge in [-0.15, -0.1) is 0 Å². The zero-order valence-corrected chi connectivity index (χ0v) is 34.9. The molecule has 0 aromatic rings. The average molecular weight is 629 g/mol. The topological polar surface area (TPSA) is 46.8 Å². The molecular weight excluding hydrogens is 565 g/mol. The summed E-state index contributed by atoms with van der Waals surface area (Å²) in [5, 5.41) is 16.8. The molecule has 1 rings (SSSR count). The molecule has 0 N–H and O–H groups in total. The molecule has 0 heterocycles. The Balaban J connectivity index is 3.99. The third kappa shape index (κ3) is 9.96. The Hall–Kier alpha value is -0.289. The van der Waals surface area contributed by atoms with Gasteiger partial charge < -0.3 is 13.0 Å². The van der Waals surface area contributed by atoms with E-state index >= 15 is 0 Å². The fourth-order valence-corrected chi connectivity index (χ4v) is 32.8. The summed E-state index contributed by atoms with van der Waals surface area (Å²) in [6, 6.07) is 0. The molecule has 0 amide bonds. The van der Waals surface area contributed by atoms with Crippen LogP contribution in [0.25, 0.3) is 0 Å². The van der Waals surface area contributed by atoms with E-state index < -0.39 is 49.4 Å². The molecule has 0 aliphatic heterocycles. The Bertz CT molecular complexity index is 813. The summed E-state index contributed by atoms with van der Waals surface area (Å²) in [7, 11) is -9.85. The third-order valence-corrected chi connectivity index (χ3v) is 26.8. The summed E-state index contributed by atoms with van der Waals surface area (Å²) in [5.41, 5.74) is 3.81. The molecule has 0 aromatic carbocycles. The summed E-state index contributed by atoms with van der Waals surface area (Å²) in [4.78, 5) is 0. The summed E-state index contributed by atoms with van der Waals surface area (Å²) in [5.74, 6) is 0.101. The first-order valence-electron chi connectivity index (χ1n) is 14.7. The van der Waals surface area contributed by atoms with E-state index in [1.165, 1.54) is 17.1 Å². The molecule has 0 saturated heterocycles. The van der Waals surface area contributed by atoms with Crippen molar-refractivity contribution in [3.8, 4) is 0 Å². The molecule has 12 heteroatoms. The Kier molecular flexibility index (Phi) is 11.2. The van der Waals surface area contributed by atoms with Crippen molar-refractivity contribution < 1.29 is 0 Å². The van der Waals surface area contributed by atoms with Gasteiger partial charge in [0, 0.05) is 5.71 Å². The van der Waals surface area contributed by atoms with Crippen LogP contribution in [0.3, 0.4) is 0 Å². The molecule has 1 aliphatic carbocycles. The van der Waals surface area contributed by atoms with Crippen LogP contribution in [0, 0.1) is 5.92 Å². The molecule has 1 aliphatic rings. The zero-order chi connectivity index (χ0) is 30.3. The van der Waals surface area contributed by atoms with Crippen molar-refractivity contribution in [2.24, 2.45) is 21.2 Å². The normalized spacial score (nSPS) is 21.2. The van der Waals surface area contributed by atoms with Crippen molar-refractivity contribution in [1.29, 1.82) is 0 Å². The summed E-state index contributed by atoms with van der Waals surface area (Å²) in [6.45, 7) is 46.2. The van der Waals surface area contributed by atoms with Gasteiger partial charge in [-0.05, 0) is 26.2 Å². The van der Waals surface area contributed by atoms with Crippen LogP contribution in [0.15, 0.2) is 15.3 Å². The van der Waals surface area contributed by atoms with Gasteiger partial charge in [0.1, 0.15) is 0 Å². The van der Waals surface area contributed by atoms with E-state index in [0.29, 0.717) is 0 Å². The predicted octanol–water partition coefficient (Wildman–Crippen LogP) is 8.79. The second-order valence-electron chi connectivity index (χ2n) is 17.2. The fourth-order valence-electron chi connectivity index (χ4n) is 6.02. The minimum Gasteiger partial charge on any atom is -0.350 e. The number of rotatable bonds is 10. The summed E-state index contributed by atoms with van der Waals surface area (Å²) in [6.07, 6.45) is 3.22. The Morgan fingerprint density at radius 3 is 1.00 bits per heavy atom. The molecular formula is C26H64N6Si6. The van der Waals surface area contributed by atoms with Crippen LogP contribution in [0.2, 0.25) is 118 Å². The molecule has 1 fully saturated rings. The predicted molar refractivity (Wildman–Crippen MR) is 191 cm³/mol. The van der Waals surface area contributed by atoms with E-state index in [4.69, 9.17) is 15.3 Å². The van der Waals surface area contributed by atoms with Crippen molar-refractivity contribution >= 4 is 66.5 Å². The van der Waals surface area contributed by atoms with Crippen molar-refractivity contribution in [3.63, 3.8) is 0 Å². The monoisotopic (exact) mass is 628 g/mol. The first kappa shape index (κ1) is 35.7. The van der Waals surface area contributed by atoms with Gasteiger partial charge in [0.2, 0.25) is 0 Å². The van der Waals surface area contributed by atoms with E-state index in [-0.39, 0.29) is 5.92 Å². The van der Waals surface area contributed by atoms with Gasteiger partial charge in [-0.2, -0.15) is 0 Å². The quantitative estimate of drug-likeness (QED) is 0.138. The molecule has 0 unspecified atom stereocenters. The zero-order valence-electron chi connectivity index (χ0n) is 28.9. The molecule has 0 spiro atoms. The van der Waals surface area contributed by atoms with Gasteiger partial charge >= 0.3 is 0 Å². The van der Waals surface area contributed by atoms with Crippen LogP contribution in [0.4, 0.5) is 0 Å². The van der Waals surface area contributed by atoms with Gasteiger partial charge in [-0.1, -0.05) is 118 Å². The SMILES string of the molecule is CC(=NN([Si](C)(C)C)[Si](C)(C)C)C1C(=NN([Si](C)(C)C)[Si](C)(C)C)CCCC1=NN([Si](C)(C)C)[Si](C)(C)C. The van der Waals surface area contributed by atoms with E-state index in [2.05, 4.69) is 138 Å². The average Bonchev–Trinajstić information content (AvgIpc) is 2.62. The fraction of sp³-hybridized carbons (Fsp3) is 0.885. The summed E-state index contributed by atoms with van der Waals surface area (Å²) < 4.78 is 7.77. The Morgan fingerprint density at radius 2 is 0.763 bits per heavy atom. The van der Waals surface area contributed by atoms with E-state index in [1.54, 1.807) is 0 Å². The minimum absolute atomic E-state index is 0.101. The highest BCUT2D eigenvalue weighted by molar-refractivity contribution is 6.90. The lowest BCUT2D eigenvalue weighted by atomic mass is 9.82. The third-order valence-electron chi connectivity index (χ3n) is 6.48. The van der Waals surface area contributed by atoms with E-state index in [9.17, 15) is 0 Å².